The van der Waals surface area contributed by atoms with E-state index in [0.29, 0.717) is 6.42 Å². The Bertz CT molecular complexity index is 420. The topological polar surface area (TPSA) is 57.2 Å². The molecular weight excluding hydrogens is 324 g/mol. The van der Waals surface area contributed by atoms with Crippen molar-refractivity contribution >= 4 is 10.1 Å². The smallest absolute Gasteiger partial charge is 0.0948 e. The molecule has 0 bridgehead atoms. The van der Waals surface area contributed by atoms with Gasteiger partial charge in [-0.05, 0) is 32.1 Å². The number of quaternary nitrogens is 2. The molecule has 0 fully saturated rings. The molecule has 0 heterocycles. The minimum absolute atomic E-state index is 0.235. The molecule has 24 heavy (non-hydrogen) atoms. The Balaban J connectivity index is 3.67. The van der Waals surface area contributed by atoms with Crippen molar-refractivity contribution in [1.29, 1.82) is 0 Å². The lowest BCUT2D eigenvalue weighted by atomic mass is 10.1. The Hall–Kier alpha value is -0.170. The summed E-state index contributed by atoms with van der Waals surface area (Å²) in [4.78, 5) is 0. The van der Waals surface area contributed by atoms with Crippen LogP contribution in [-0.2, 0) is 10.1 Å². The second-order valence-electron chi connectivity index (χ2n) is 8.50. The van der Waals surface area contributed by atoms with Crippen LogP contribution in [0.4, 0.5) is 0 Å². The van der Waals surface area contributed by atoms with Crippen LogP contribution in [0.3, 0.4) is 0 Å². The minimum atomic E-state index is -4.06. The zero-order valence-electron chi connectivity index (χ0n) is 16.7. The molecular formula is C18H41N2O3S+. The molecule has 0 rings (SSSR count). The van der Waals surface area contributed by atoms with E-state index in [-0.39, 0.29) is 5.75 Å². The molecule has 0 saturated carbocycles. The Kier molecular flexibility index (Phi) is 11.4. The fourth-order valence-electron chi connectivity index (χ4n) is 3.09. The second-order valence-corrected chi connectivity index (χ2v) is 10.0. The molecule has 146 valence electrons. The third-order valence-electron chi connectivity index (χ3n) is 4.80. The standard InChI is InChI=1S/C18H41N2O3S/c1-6-7-14-19(2,3)15-11-9-8-10-12-16-20(4,5)17-13-18-24(21,22)23/h6-18H2,1-5H3/q+1. The van der Waals surface area contributed by atoms with Gasteiger partial charge in [0.05, 0.1) is 64.5 Å². The third kappa shape index (κ3) is 15.4. The van der Waals surface area contributed by atoms with E-state index in [1.807, 2.05) is 0 Å². The Morgan fingerprint density at radius 1 is 0.667 bits per heavy atom. The van der Waals surface area contributed by atoms with E-state index in [1.54, 1.807) is 0 Å². The average Bonchev–Trinajstić information content (AvgIpc) is 2.42. The van der Waals surface area contributed by atoms with E-state index in [9.17, 15) is 13.0 Å². The van der Waals surface area contributed by atoms with Crippen molar-refractivity contribution in [2.45, 2.75) is 58.3 Å². The highest BCUT2D eigenvalue weighted by Crippen LogP contribution is 2.10. The van der Waals surface area contributed by atoms with Crippen molar-refractivity contribution in [1.82, 2.24) is 0 Å². The summed E-state index contributed by atoms with van der Waals surface area (Å²) in [7, 11) is 4.83. The summed E-state index contributed by atoms with van der Waals surface area (Å²) >= 11 is 0. The molecule has 0 aromatic rings. The van der Waals surface area contributed by atoms with Crippen molar-refractivity contribution in [2.24, 2.45) is 0 Å². The molecule has 5 nitrogen and oxygen atoms in total. The molecule has 0 atom stereocenters. The fourth-order valence-corrected chi connectivity index (χ4v) is 3.57. The summed E-state index contributed by atoms with van der Waals surface area (Å²) < 4.78 is 33.9. The van der Waals surface area contributed by atoms with Crippen LogP contribution in [0.2, 0.25) is 0 Å². The number of hydrogen-bond acceptors (Lipinski definition) is 3. The van der Waals surface area contributed by atoms with E-state index in [4.69, 9.17) is 0 Å². The number of hydrogen-bond donors (Lipinski definition) is 0. The van der Waals surface area contributed by atoms with Crippen LogP contribution in [0.25, 0.3) is 0 Å². The van der Waals surface area contributed by atoms with Gasteiger partial charge in [-0.25, -0.2) is 8.42 Å². The zero-order valence-corrected chi connectivity index (χ0v) is 17.5. The Morgan fingerprint density at radius 2 is 1.04 bits per heavy atom. The van der Waals surface area contributed by atoms with Gasteiger partial charge in [0.25, 0.3) is 0 Å². The SMILES string of the molecule is CCCC[N+](C)(C)CCCCCCC[N+](C)(C)CCCS(=O)(=O)[O-]. The maximum absolute atomic E-state index is 10.6. The van der Waals surface area contributed by atoms with Crippen molar-refractivity contribution < 1.29 is 21.9 Å². The Morgan fingerprint density at radius 3 is 1.46 bits per heavy atom. The monoisotopic (exact) mass is 365 g/mol. The molecule has 0 spiro atoms. The molecule has 0 radical (unpaired) electrons. The molecule has 0 aliphatic carbocycles. The van der Waals surface area contributed by atoms with Gasteiger partial charge in [-0.2, -0.15) is 0 Å². The van der Waals surface area contributed by atoms with Crippen LogP contribution >= 0.6 is 0 Å². The maximum atomic E-state index is 10.6. The van der Waals surface area contributed by atoms with Gasteiger partial charge in [0.15, 0.2) is 0 Å². The van der Waals surface area contributed by atoms with Gasteiger partial charge in [0.1, 0.15) is 0 Å². The van der Waals surface area contributed by atoms with Gasteiger partial charge < -0.3 is 13.5 Å². The van der Waals surface area contributed by atoms with E-state index >= 15 is 0 Å². The molecule has 0 aliphatic heterocycles. The van der Waals surface area contributed by atoms with Gasteiger partial charge in [-0.3, -0.25) is 0 Å². The molecule has 0 N–H and O–H groups in total. The summed E-state index contributed by atoms with van der Waals surface area (Å²) in [5.74, 6) is -0.235. The maximum Gasteiger partial charge on any atom is 0.0948 e. The summed E-state index contributed by atoms with van der Waals surface area (Å²) in [6.07, 6.45) is 9.34. The first-order valence-corrected chi connectivity index (χ1v) is 11.1. The lowest BCUT2D eigenvalue weighted by Gasteiger charge is -2.30. The van der Waals surface area contributed by atoms with Crippen LogP contribution in [0.5, 0.6) is 0 Å². The average molecular weight is 366 g/mol. The van der Waals surface area contributed by atoms with E-state index in [1.165, 1.54) is 58.0 Å². The van der Waals surface area contributed by atoms with Crippen LogP contribution in [-0.4, -0.2) is 82.1 Å². The first-order chi connectivity index (χ1) is 11.0. The van der Waals surface area contributed by atoms with Crippen molar-refractivity contribution in [3.05, 3.63) is 0 Å². The molecule has 0 amide bonds. The first-order valence-electron chi connectivity index (χ1n) is 9.55. The Labute approximate surface area is 151 Å². The summed E-state index contributed by atoms with van der Waals surface area (Å²) in [5, 5.41) is 0. The fraction of sp³-hybridized carbons (Fsp3) is 1.00. The van der Waals surface area contributed by atoms with Gasteiger partial charge in [0.2, 0.25) is 0 Å². The van der Waals surface area contributed by atoms with E-state index < -0.39 is 10.1 Å². The van der Waals surface area contributed by atoms with Crippen LogP contribution < -0.4 is 0 Å². The minimum Gasteiger partial charge on any atom is -0.748 e. The highest BCUT2D eigenvalue weighted by Gasteiger charge is 2.15. The van der Waals surface area contributed by atoms with Crippen LogP contribution in [0, 0.1) is 0 Å². The van der Waals surface area contributed by atoms with Crippen molar-refractivity contribution in [3.8, 4) is 0 Å². The lowest BCUT2D eigenvalue weighted by Crippen LogP contribution is -2.41. The highest BCUT2D eigenvalue weighted by molar-refractivity contribution is 7.85. The van der Waals surface area contributed by atoms with Gasteiger partial charge in [0, 0.05) is 12.2 Å². The van der Waals surface area contributed by atoms with Crippen molar-refractivity contribution in [3.63, 3.8) is 0 Å². The predicted molar refractivity (Wildman–Crippen MR) is 101 cm³/mol. The van der Waals surface area contributed by atoms with E-state index in [0.717, 1.165) is 22.1 Å². The summed E-state index contributed by atoms with van der Waals surface area (Å²) in [5.41, 5.74) is 0. The second kappa shape index (κ2) is 11.4. The lowest BCUT2D eigenvalue weighted by molar-refractivity contribution is -0.890. The summed E-state index contributed by atoms with van der Waals surface area (Å²) in [6, 6.07) is 0. The van der Waals surface area contributed by atoms with Gasteiger partial charge in [-0.15, -0.1) is 0 Å². The molecule has 6 heteroatoms. The van der Waals surface area contributed by atoms with Crippen LogP contribution in [0.15, 0.2) is 0 Å². The number of nitrogens with zero attached hydrogens (tertiary/aromatic N) is 2. The number of unbranched alkanes of at least 4 members (excludes halogenated alkanes) is 5. The van der Waals surface area contributed by atoms with Gasteiger partial charge in [-0.1, -0.05) is 19.8 Å². The molecule has 0 aromatic heterocycles. The largest absolute Gasteiger partial charge is 0.748 e. The number of rotatable bonds is 15. The third-order valence-corrected chi connectivity index (χ3v) is 5.59. The zero-order chi connectivity index (χ0) is 18.7. The van der Waals surface area contributed by atoms with Gasteiger partial charge >= 0.3 is 0 Å². The molecule has 0 unspecified atom stereocenters. The summed E-state index contributed by atoms with van der Waals surface area (Å²) in [6.45, 7) is 6.60. The van der Waals surface area contributed by atoms with Crippen molar-refractivity contribution in [2.75, 3.05) is 60.1 Å². The van der Waals surface area contributed by atoms with E-state index in [2.05, 4.69) is 35.1 Å². The highest BCUT2D eigenvalue weighted by atomic mass is 32.2. The quantitative estimate of drug-likeness (QED) is 0.255. The first kappa shape index (κ1) is 23.8. The molecule has 0 aromatic carbocycles. The molecule has 0 saturated heterocycles. The molecule has 0 aliphatic rings. The predicted octanol–water partition coefficient (Wildman–Crippen LogP) is 2.83. The normalized spacial score (nSPS) is 13.4. The van der Waals surface area contributed by atoms with Crippen LogP contribution in [0.1, 0.15) is 58.3 Å².